The second-order valence-corrected chi connectivity index (χ2v) is 8.72. The van der Waals surface area contributed by atoms with Gasteiger partial charge in [-0.1, -0.05) is 66.7 Å². The topological polar surface area (TPSA) is 52.6 Å². The zero-order valence-corrected chi connectivity index (χ0v) is 17.6. The highest BCUT2D eigenvalue weighted by Gasteiger charge is 2.43. The van der Waals surface area contributed by atoms with E-state index in [-0.39, 0.29) is 29.7 Å². The highest BCUT2D eigenvalue weighted by Crippen LogP contribution is 2.39. The smallest absolute Gasteiger partial charge is 0.310 e. The molecule has 0 aromatic carbocycles. The lowest BCUT2D eigenvalue weighted by Crippen LogP contribution is -2.41. The molecular weight excluding hydrogens is 328 g/mol. The van der Waals surface area contributed by atoms with E-state index in [2.05, 4.69) is 6.92 Å². The molecule has 0 amide bonds. The first-order chi connectivity index (χ1) is 12.4. The molecule has 4 nitrogen and oxygen atoms in total. The van der Waals surface area contributed by atoms with Crippen molar-refractivity contribution in [3.8, 4) is 0 Å². The normalized spacial score (nSPS) is 23.3. The van der Waals surface area contributed by atoms with Crippen LogP contribution < -0.4 is 0 Å². The minimum Gasteiger partial charge on any atom is -0.465 e. The summed E-state index contributed by atoms with van der Waals surface area (Å²) >= 11 is 0. The number of hydrogen-bond donors (Lipinski definition) is 0. The van der Waals surface area contributed by atoms with Gasteiger partial charge in [0.05, 0.1) is 25.0 Å². The van der Waals surface area contributed by atoms with Gasteiger partial charge in [-0.2, -0.15) is 0 Å². The number of hydrogen-bond acceptors (Lipinski definition) is 4. The molecule has 152 valence electrons. The predicted octanol–water partition coefficient (Wildman–Crippen LogP) is 5.39. The average Bonchev–Trinajstić information content (AvgIpc) is 2.60. The molecule has 26 heavy (non-hydrogen) atoms. The molecule has 1 saturated carbocycles. The van der Waals surface area contributed by atoms with E-state index in [4.69, 9.17) is 9.47 Å². The van der Waals surface area contributed by atoms with Gasteiger partial charge in [0, 0.05) is 0 Å². The van der Waals surface area contributed by atoms with E-state index >= 15 is 0 Å². The largest absolute Gasteiger partial charge is 0.465 e. The number of unbranched alkanes of at least 4 members (excludes halogenated alkanes) is 3. The zero-order chi connectivity index (χ0) is 19.5. The third kappa shape index (κ3) is 8.09. The third-order valence-corrected chi connectivity index (χ3v) is 5.15. The van der Waals surface area contributed by atoms with Crippen LogP contribution in [0.25, 0.3) is 0 Å². The lowest BCUT2D eigenvalue weighted by atomic mass is 9.70. The number of esters is 2. The van der Waals surface area contributed by atoms with Crippen LogP contribution in [0.1, 0.15) is 86.0 Å². The summed E-state index contributed by atoms with van der Waals surface area (Å²) in [6.07, 6.45) is 8.52. The molecule has 3 atom stereocenters. The van der Waals surface area contributed by atoms with E-state index < -0.39 is 0 Å². The molecule has 1 rings (SSSR count). The fraction of sp³-hybridized carbons (Fsp3) is 0.909. The first-order valence-electron chi connectivity index (χ1n) is 10.7. The fourth-order valence-corrected chi connectivity index (χ4v) is 3.77. The van der Waals surface area contributed by atoms with E-state index in [0.717, 1.165) is 32.1 Å². The summed E-state index contributed by atoms with van der Waals surface area (Å²) in [6, 6.07) is 0. The summed E-state index contributed by atoms with van der Waals surface area (Å²) in [4.78, 5) is 25.5. The second-order valence-electron chi connectivity index (χ2n) is 8.72. The van der Waals surface area contributed by atoms with Crippen LogP contribution >= 0.6 is 0 Å². The Morgan fingerprint density at radius 3 is 2.08 bits per heavy atom. The Morgan fingerprint density at radius 2 is 1.50 bits per heavy atom. The molecular formula is C22H40O4. The third-order valence-electron chi connectivity index (χ3n) is 5.15. The molecule has 0 aromatic heterocycles. The summed E-state index contributed by atoms with van der Waals surface area (Å²) in [6.45, 7) is 11.2. The molecule has 0 N–H and O–H groups in total. The molecule has 0 heterocycles. The monoisotopic (exact) mass is 368 g/mol. The van der Waals surface area contributed by atoms with Gasteiger partial charge in [0.2, 0.25) is 0 Å². The minimum absolute atomic E-state index is 0.189. The van der Waals surface area contributed by atoms with E-state index in [0.29, 0.717) is 25.0 Å². The van der Waals surface area contributed by atoms with E-state index in [9.17, 15) is 9.59 Å². The molecule has 4 heteroatoms. The summed E-state index contributed by atoms with van der Waals surface area (Å²) < 4.78 is 11.1. The SMILES string of the molecule is CCCCCCC1CCCC(C(=O)OCC(C)C)C1C(=O)OCC(C)C. The minimum atomic E-state index is -0.335. The van der Waals surface area contributed by atoms with Crippen molar-refractivity contribution in [1.29, 1.82) is 0 Å². The van der Waals surface area contributed by atoms with Gasteiger partial charge in [-0.15, -0.1) is 0 Å². The van der Waals surface area contributed by atoms with Gasteiger partial charge in [0.25, 0.3) is 0 Å². The van der Waals surface area contributed by atoms with Crippen LogP contribution in [0.2, 0.25) is 0 Å². The van der Waals surface area contributed by atoms with E-state index in [1.807, 2.05) is 27.7 Å². The van der Waals surface area contributed by atoms with Gasteiger partial charge in [0.1, 0.15) is 0 Å². The van der Waals surface area contributed by atoms with Crippen LogP contribution in [0, 0.1) is 29.6 Å². The fourth-order valence-electron chi connectivity index (χ4n) is 3.77. The molecule has 0 aliphatic heterocycles. The average molecular weight is 369 g/mol. The highest BCUT2D eigenvalue weighted by atomic mass is 16.5. The molecule has 0 bridgehead atoms. The van der Waals surface area contributed by atoms with Gasteiger partial charge in [-0.3, -0.25) is 9.59 Å². The molecule has 0 saturated heterocycles. The predicted molar refractivity (Wildman–Crippen MR) is 105 cm³/mol. The Hall–Kier alpha value is -1.06. The Balaban J connectivity index is 2.79. The summed E-state index contributed by atoms with van der Waals surface area (Å²) in [5, 5.41) is 0. The van der Waals surface area contributed by atoms with Gasteiger partial charge in [0.15, 0.2) is 0 Å². The Labute approximate surface area is 160 Å². The van der Waals surface area contributed by atoms with Crippen LogP contribution in [0.3, 0.4) is 0 Å². The van der Waals surface area contributed by atoms with Crippen LogP contribution in [0.4, 0.5) is 0 Å². The number of ether oxygens (including phenoxy) is 2. The van der Waals surface area contributed by atoms with Gasteiger partial charge in [-0.05, 0) is 37.0 Å². The van der Waals surface area contributed by atoms with Crippen molar-refractivity contribution in [1.82, 2.24) is 0 Å². The van der Waals surface area contributed by atoms with Crippen molar-refractivity contribution in [2.75, 3.05) is 13.2 Å². The first kappa shape index (κ1) is 23.0. The lowest BCUT2D eigenvalue weighted by Gasteiger charge is -2.35. The molecule has 1 aliphatic rings. The van der Waals surface area contributed by atoms with Crippen molar-refractivity contribution in [2.45, 2.75) is 86.0 Å². The number of carbonyl (C=O) groups is 2. The Kier molecular flexibility index (Phi) is 10.9. The van der Waals surface area contributed by atoms with Crippen molar-refractivity contribution in [2.24, 2.45) is 29.6 Å². The van der Waals surface area contributed by atoms with E-state index in [1.165, 1.54) is 19.3 Å². The van der Waals surface area contributed by atoms with Crippen molar-refractivity contribution >= 4 is 11.9 Å². The van der Waals surface area contributed by atoms with Gasteiger partial charge >= 0.3 is 11.9 Å². The van der Waals surface area contributed by atoms with Crippen molar-refractivity contribution in [3.63, 3.8) is 0 Å². The zero-order valence-electron chi connectivity index (χ0n) is 17.6. The first-order valence-corrected chi connectivity index (χ1v) is 10.7. The molecule has 1 aliphatic carbocycles. The molecule has 3 unspecified atom stereocenters. The standard InChI is InChI=1S/C22H40O4/c1-6-7-8-9-11-18-12-10-13-19(21(23)25-14-16(2)3)20(18)22(24)26-15-17(4)5/h16-20H,6-15H2,1-5H3. The van der Waals surface area contributed by atoms with Gasteiger partial charge in [-0.25, -0.2) is 0 Å². The lowest BCUT2D eigenvalue weighted by molar-refractivity contribution is -0.167. The molecule has 0 radical (unpaired) electrons. The highest BCUT2D eigenvalue weighted by molar-refractivity contribution is 5.82. The van der Waals surface area contributed by atoms with Crippen molar-refractivity contribution in [3.05, 3.63) is 0 Å². The molecule has 0 aromatic rings. The number of rotatable bonds is 11. The van der Waals surface area contributed by atoms with Gasteiger partial charge < -0.3 is 9.47 Å². The van der Waals surface area contributed by atoms with E-state index in [1.54, 1.807) is 0 Å². The summed E-state index contributed by atoms with van der Waals surface area (Å²) in [7, 11) is 0. The summed E-state index contributed by atoms with van der Waals surface area (Å²) in [5.74, 6) is -0.205. The second kappa shape index (κ2) is 12.3. The van der Waals surface area contributed by atoms with Crippen LogP contribution in [0.5, 0.6) is 0 Å². The Bertz CT molecular complexity index is 416. The molecule has 0 spiro atoms. The van der Waals surface area contributed by atoms with Crippen molar-refractivity contribution < 1.29 is 19.1 Å². The quantitative estimate of drug-likeness (QED) is 0.362. The molecule has 1 fully saturated rings. The summed E-state index contributed by atoms with van der Waals surface area (Å²) in [5.41, 5.74) is 0. The number of carbonyl (C=O) groups excluding carboxylic acids is 2. The van der Waals surface area contributed by atoms with Crippen LogP contribution in [0.15, 0.2) is 0 Å². The Morgan fingerprint density at radius 1 is 0.885 bits per heavy atom. The maximum Gasteiger partial charge on any atom is 0.310 e. The van der Waals surface area contributed by atoms with Crippen LogP contribution in [-0.2, 0) is 19.1 Å². The van der Waals surface area contributed by atoms with Crippen LogP contribution in [-0.4, -0.2) is 25.2 Å². The maximum atomic E-state index is 12.8. The maximum absolute atomic E-state index is 12.8.